The molecule has 0 radical (unpaired) electrons. The van der Waals surface area contributed by atoms with Gasteiger partial charge in [-0.3, -0.25) is 4.57 Å². The molecule has 0 aliphatic rings. The Morgan fingerprint density at radius 1 is 1.23 bits per heavy atom. The van der Waals surface area contributed by atoms with Crippen molar-refractivity contribution in [2.45, 2.75) is 6.54 Å². The van der Waals surface area contributed by atoms with Crippen LogP contribution in [0.25, 0.3) is 5.82 Å². The Morgan fingerprint density at radius 2 is 2.05 bits per heavy atom. The van der Waals surface area contributed by atoms with Gasteiger partial charge in [0.05, 0.1) is 7.11 Å². The Hall–Kier alpha value is -3.09. The second kappa shape index (κ2) is 6.13. The highest BCUT2D eigenvalue weighted by Crippen LogP contribution is 2.22. The minimum atomic E-state index is 0.481. The largest absolute Gasteiger partial charge is 0.497 e. The first kappa shape index (κ1) is 13.9. The van der Waals surface area contributed by atoms with Crippen LogP contribution in [0, 0.1) is 0 Å². The molecular formula is C15H16N6O. The average molecular weight is 296 g/mol. The first-order valence-electron chi connectivity index (χ1n) is 6.73. The number of aromatic nitrogens is 4. The van der Waals surface area contributed by atoms with Gasteiger partial charge >= 0.3 is 0 Å². The smallest absolute Gasteiger partial charge is 0.166 e. The van der Waals surface area contributed by atoms with Crippen molar-refractivity contribution < 1.29 is 4.74 Å². The van der Waals surface area contributed by atoms with E-state index in [0.29, 0.717) is 23.9 Å². The van der Waals surface area contributed by atoms with Gasteiger partial charge in [0, 0.05) is 18.9 Å². The lowest BCUT2D eigenvalue weighted by Gasteiger charge is -2.11. The van der Waals surface area contributed by atoms with Crippen LogP contribution in [-0.4, -0.2) is 26.6 Å². The van der Waals surface area contributed by atoms with E-state index in [4.69, 9.17) is 10.5 Å². The van der Waals surface area contributed by atoms with Crippen molar-refractivity contribution in [3.63, 3.8) is 0 Å². The third-order valence-corrected chi connectivity index (χ3v) is 3.23. The van der Waals surface area contributed by atoms with E-state index in [1.807, 2.05) is 24.3 Å². The van der Waals surface area contributed by atoms with Crippen LogP contribution in [-0.2, 0) is 6.54 Å². The molecule has 0 atom stereocenters. The molecule has 0 fully saturated rings. The summed E-state index contributed by atoms with van der Waals surface area (Å²) in [4.78, 5) is 12.4. The normalized spacial score (nSPS) is 10.4. The number of ether oxygens (including phenoxy) is 1. The molecule has 0 spiro atoms. The number of hydrogen-bond acceptors (Lipinski definition) is 6. The van der Waals surface area contributed by atoms with Gasteiger partial charge < -0.3 is 15.8 Å². The van der Waals surface area contributed by atoms with Crippen molar-refractivity contribution in [2.24, 2.45) is 0 Å². The summed E-state index contributed by atoms with van der Waals surface area (Å²) >= 11 is 0. The van der Waals surface area contributed by atoms with Crippen molar-refractivity contribution in [3.05, 3.63) is 54.9 Å². The summed E-state index contributed by atoms with van der Waals surface area (Å²) in [5, 5.41) is 3.22. The molecule has 0 saturated heterocycles. The summed E-state index contributed by atoms with van der Waals surface area (Å²) < 4.78 is 6.88. The highest BCUT2D eigenvalue weighted by molar-refractivity contribution is 5.69. The summed E-state index contributed by atoms with van der Waals surface area (Å²) in [6.45, 7) is 0.606. The molecule has 3 aromatic rings. The summed E-state index contributed by atoms with van der Waals surface area (Å²) in [6.07, 6.45) is 6.58. The molecule has 0 amide bonds. The second-order valence-corrected chi connectivity index (χ2v) is 4.63. The fourth-order valence-electron chi connectivity index (χ4n) is 2.05. The fourth-order valence-corrected chi connectivity index (χ4v) is 2.05. The van der Waals surface area contributed by atoms with Gasteiger partial charge in [-0.1, -0.05) is 12.1 Å². The molecule has 22 heavy (non-hydrogen) atoms. The molecule has 2 aromatic heterocycles. The van der Waals surface area contributed by atoms with E-state index in [-0.39, 0.29) is 0 Å². The number of nitrogens with one attached hydrogen (secondary N) is 1. The maximum atomic E-state index is 6.13. The van der Waals surface area contributed by atoms with Crippen molar-refractivity contribution in [1.29, 1.82) is 0 Å². The topological polar surface area (TPSA) is 90.9 Å². The van der Waals surface area contributed by atoms with E-state index < -0.39 is 0 Å². The number of hydrogen-bond donors (Lipinski definition) is 2. The highest BCUT2D eigenvalue weighted by atomic mass is 16.5. The Morgan fingerprint density at radius 3 is 2.73 bits per heavy atom. The number of nitrogen functional groups attached to an aromatic ring is 1. The standard InChI is InChI=1S/C15H16N6O/c1-22-12-4-2-11(3-5-12)8-18-14-13(16)15(20-9-19-14)21-7-6-17-10-21/h2-7,9-10H,8,16H2,1H3,(H,18,19,20). The van der Waals surface area contributed by atoms with E-state index in [1.165, 1.54) is 6.33 Å². The first-order chi connectivity index (χ1) is 10.8. The van der Waals surface area contributed by atoms with Crippen LogP contribution in [0.3, 0.4) is 0 Å². The van der Waals surface area contributed by atoms with Gasteiger partial charge in [-0.2, -0.15) is 0 Å². The minimum absolute atomic E-state index is 0.481. The van der Waals surface area contributed by atoms with Crippen molar-refractivity contribution in [2.75, 3.05) is 18.2 Å². The van der Waals surface area contributed by atoms with Gasteiger partial charge in [0.1, 0.15) is 24.1 Å². The fraction of sp³-hybridized carbons (Fsp3) is 0.133. The molecular weight excluding hydrogens is 280 g/mol. The molecule has 0 saturated carbocycles. The summed E-state index contributed by atoms with van der Waals surface area (Å²) in [5.41, 5.74) is 7.71. The van der Waals surface area contributed by atoms with Gasteiger partial charge in [0.2, 0.25) is 0 Å². The predicted octanol–water partition coefficient (Wildman–Crippen LogP) is 1.87. The van der Waals surface area contributed by atoms with E-state index in [0.717, 1.165) is 11.3 Å². The lowest BCUT2D eigenvalue weighted by molar-refractivity contribution is 0.414. The molecule has 0 bridgehead atoms. The SMILES string of the molecule is COc1ccc(CNc2ncnc(-n3ccnc3)c2N)cc1. The number of methoxy groups -OCH3 is 1. The zero-order valence-corrected chi connectivity index (χ0v) is 12.1. The van der Waals surface area contributed by atoms with Crippen molar-refractivity contribution in [1.82, 2.24) is 19.5 Å². The van der Waals surface area contributed by atoms with E-state index in [9.17, 15) is 0 Å². The molecule has 7 heteroatoms. The molecule has 0 aliphatic carbocycles. The molecule has 3 N–H and O–H groups in total. The van der Waals surface area contributed by atoms with Crippen LogP contribution < -0.4 is 15.8 Å². The Labute approximate surface area is 127 Å². The third kappa shape index (κ3) is 2.83. The number of nitrogens with zero attached hydrogens (tertiary/aromatic N) is 4. The van der Waals surface area contributed by atoms with Crippen LogP contribution in [0.15, 0.2) is 49.3 Å². The van der Waals surface area contributed by atoms with Gasteiger partial charge in [-0.25, -0.2) is 15.0 Å². The molecule has 0 unspecified atom stereocenters. The minimum Gasteiger partial charge on any atom is -0.497 e. The number of nitrogens with two attached hydrogens (primary N) is 1. The van der Waals surface area contributed by atoms with Gasteiger partial charge in [0.25, 0.3) is 0 Å². The summed E-state index contributed by atoms with van der Waals surface area (Å²) in [6, 6.07) is 7.80. The van der Waals surface area contributed by atoms with Crippen LogP contribution in [0.5, 0.6) is 5.75 Å². The Kier molecular flexibility index (Phi) is 3.86. The lowest BCUT2D eigenvalue weighted by Crippen LogP contribution is -2.09. The van der Waals surface area contributed by atoms with Crippen molar-refractivity contribution >= 4 is 11.5 Å². The molecule has 2 heterocycles. The molecule has 0 aliphatic heterocycles. The van der Waals surface area contributed by atoms with E-state index in [2.05, 4.69) is 20.3 Å². The first-order valence-corrected chi connectivity index (χ1v) is 6.73. The maximum Gasteiger partial charge on any atom is 0.166 e. The quantitative estimate of drug-likeness (QED) is 0.747. The van der Waals surface area contributed by atoms with Gasteiger partial charge in [-0.05, 0) is 17.7 Å². The number of rotatable bonds is 5. The molecule has 112 valence electrons. The average Bonchev–Trinajstić information content (AvgIpc) is 3.08. The number of benzene rings is 1. The van der Waals surface area contributed by atoms with Gasteiger partial charge in [-0.15, -0.1) is 0 Å². The summed E-state index contributed by atoms with van der Waals surface area (Å²) in [7, 11) is 1.65. The number of imidazole rings is 1. The van der Waals surface area contributed by atoms with Crippen molar-refractivity contribution in [3.8, 4) is 11.6 Å². The monoisotopic (exact) mass is 296 g/mol. The second-order valence-electron chi connectivity index (χ2n) is 4.63. The Balaban J connectivity index is 1.76. The van der Waals surface area contributed by atoms with Gasteiger partial charge in [0.15, 0.2) is 11.6 Å². The van der Waals surface area contributed by atoms with Crippen LogP contribution in [0.1, 0.15) is 5.56 Å². The zero-order chi connectivity index (χ0) is 15.4. The zero-order valence-electron chi connectivity index (χ0n) is 12.1. The molecule has 1 aromatic carbocycles. The predicted molar refractivity (Wildman–Crippen MR) is 83.9 cm³/mol. The highest BCUT2D eigenvalue weighted by Gasteiger charge is 2.09. The van der Waals surface area contributed by atoms with Crippen LogP contribution in [0.2, 0.25) is 0 Å². The van der Waals surface area contributed by atoms with E-state index in [1.54, 1.807) is 30.4 Å². The summed E-state index contributed by atoms with van der Waals surface area (Å²) in [5.74, 6) is 2.02. The van der Waals surface area contributed by atoms with Crippen LogP contribution >= 0.6 is 0 Å². The Bertz CT molecular complexity index is 739. The lowest BCUT2D eigenvalue weighted by atomic mass is 10.2. The number of anilines is 2. The molecule has 7 nitrogen and oxygen atoms in total. The van der Waals surface area contributed by atoms with Crippen LogP contribution in [0.4, 0.5) is 11.5 Å². The molecule has 3 rings (SSSR count). The third-order valence-electron chi connectivity index (χ3n) is 3.23. The maximum absolute atomic E-state index is 6.13. The van der Waals surface area contributed by atoms with E-state index >= 15 is 0 Å².